The van der Waals surface area contributed by atoms with Gasteiger partial charge in [-0.25, -0.2) is 0 Å². The Morgan fingerprint density at radius 3 is 2.86 bits per heavy atom. The molecule has 156 valence electrons. The van der Waals surface area contributed by atoms with Crippen LogP contribution in [-0.4, -0.2) is 70.8 Å². The van der Waals surface area contributed by atoms with Gasteiger partial charge < -0.3 is 19.5 Å². The van der Waals surface area contributed by atoms with Gasteiger partial charge in [-0.15, -0.1) is 10.2 Å². The summed E-state index contributed by atoms with van der Waals surface area (Å²) in [6.07, 6.45) is 2.86. The molecule has 2 aliphatic rings. The fourth-order valence-electron chi connectivity index (χ4n) is 4.29. The fourth-order valence-corrected chi connectivity index (χ4v) is 4.29. The van der Waals surface area contributed by atoms with Crippen molar-refractivity contribution in [2.45, 2.75) is 38.4 Å². The number of benzene rings is 1. The molecule has 0 unspecified atom stereocenters. The highest BCUT2D eigenvalue weighted by molar-refractivity contribution is 5.79. The minimum Gasteiger partial charge on any atom is -0.497 e. The maximum absolute atomic E-state index is 13.1. The molecule has 1 amide bonds. The van der Waals surface area contributed by atoms with E-state index in [1.165, 1.54) is 0 Å². The Morgan fingerprint density at radius 1 is 1.24 bits per heavy atom. The van der Waals surface area contributed by atoms with E-state index in [0.717, 1.165) is 74.9 Å². The number of hydrogen-bond donors (Lipinski definition) is 1. The summed E-state index contributed by atoms with van der Waals surface area (Å²) in [4.78, 5) is 17.1. The lowest BCUT2D eigenvalue weighted by molar-refractivity contribution is -0.133. The summed E-state index contributed by atoms with van der Waals surface area (Å²) in [5.41, 5.74) is 1.16. The van der Waals surface area contributed by atoms with E-state index in [0.29, 0.717) is 6.54 Å². The Morgan fingerprint density at radius 2 is 2.07 bits per heavy atom. The number of methoxy groups -OCH3 is 1. The molecule has 0 radical (unpaired) electrons. The van der Waals surface area contributed by atoms with Crippen LogP contribution in [0.3, 0.4) is 0 Å². The van der Waals surface area contributed by atoms with Crippen molar-refractivity contribution >= 4 is 5.91 Å². The maximum atomic E-state index is 13.1. The van der Waals surface area contributed by atoms with Crippen molar-refractivity contribution in [3.63, 3.8) is 0 Å². The summed E-state index contributed by atoms with van der Waals surface area (Å²) in [6, 6.07) is 8.02. The van der Waals surface area contributed by atoms with Gasteiger partial charge >= 0.3 is 0 Å². The highest BCUT2D eigenvalue weighted by Gasteiger charge is 2.34. The van der Waals surface area contributed by atoms with Crippen molar-refractivity contribution in [3.8, 4) is 5.75 Å². The molecule has 1 saturated heterocycles. The standard InChI is InChI=1S/C21H30N6O2/c1-25(14-16-5-7-17(29-2)8-6-16)15-20(28)26-12-3-4-18(26)21-24-23-19-9-10-22-11-13-27(19)21/h5-8,18,22H,3-4,9-15H2,1-2H3/t18-/m0/s1. The molecule has 8 heteroatoms. The second-order valence-electron chi connectivity index (χ2n) is 7.89. The summed E-state index contributed by atoms with van der Waals surface area (Å²) >= 11 is 0. The van der Waals surface area contributed by atoms with Crippen LogP contribution in [0.2, 0.25) is 0 Å². The van der Waals surface area contributed by atoms with Crippen molar-refractivity contribution in [2.24, 2.45) is 0 Å². The molecule has 1 aromatic heterocycles. The average Bonchev–Trinajstić information content (AvgIpc) is 3.29. The molecule has 2 aromatic rings. The average molecular weight is 399 g/mol. The van der Waals surface area contributed by atoms with Gasteiger partial charge in [0.15, 0.2) is 5.82 Å². The van der Waals surface area contributed by atoms with Crippen molar-refractivity contribution in [2.75, 3.05) is 40.3 Å². The van der Waals surface area contributed by atoms with Crippen molar-refractivity contribution in [1.82, 2.24) is 29.9 Å². The van der Waals surface area contributed by atoms with Crippen LogP contribution in [0.1, 0.15) is 36.1 Å². The van der Waals surface area contributed by atoms with E-state index in [4.69, 9.17) is 4.74 Å². The van der Waals surface area contributed by atoms with Gasteiger partial charge in [-0.2, -0.15) is 0 Å². The molecule has 4 rings (SSSR count). The molecule has 1 aromatic carbocycles. The Hall–Kier alpha value is -2.45. The third-order valence-electron chi connectivity index (χ3n) is 5.78. The summed E-state index contributed by atoms with van der Waals surface area (Å²) in [5.74, 6) is 2.98. The van der Waals surface area contributed by atoms with Gasteiger partial charge in [0.2, 0.25) is 5.91 Å². The smallest absolute Gasteiger partial charge is 0.237 e. The van der Waals surface area contributed by atoms with Crippen LogP contribution in [0.5, 0.6) is 5.75 Å². The Labute approximate surface area is 171 Å². The molecule has 1 fully saturated rings. The number of aromatic nitrogens is 3. The van der Waals surface area contributed by atoms with Gasteiger partial charge in [0.25, 0.3) is 0 Å². The number of likely N-dealkylation sites (N-methyl/N-ethyl adjacent to an activating group) is 1. The monoisotopic (exact) mass is 398 g/mol. The van der Waals surface area contributed by atoms with Gasteiger partial charge in [-0.1, -0.05) is 12.1 Å². The molecule has 1 N–H and O–H groups in total. The van der Waals surface area contributed by atoms with Gasteiger partial charge in [0.1, 0.15) is 11.6 Å². The summed E-state index contributed by atoms with van der Waals surface area (Å²) in [6.45, 7) is 4.63. The molecule has 29 heavy (non-hydrogen) atoms. The molecule has 0 saturated carbocycles. The maximum Gasteiger partial charge on any atom is 0.237 e. The van der Waals surface area contributed by atoms with Gasteiger partial charge in [-0.05, 0) is 37.6 Å². The van der Waals surface area contributed by atoms with Crippen LogP contribution < -0.4 is 10.1 Å². The normalized spacial score (nSPS) is 19.3. The van der Waals surface area contributed by atoms with Crippen molar-refractivity contribution < 1.29 is 9.53 Å². The molecular weight excluding hydrogens is 368 g/mol. The summed E-state index contributed by atoms with van der Waals surface area (Å²) in [5, 5.41) is 12.3. The number of nitrogens with zero attached hydrogens (tertiary/aromatic N) is 5. The van der Waals surface area contributed by atoms with E-state index in [1.807, 2.05) is 36.2 Å². The van der Waals surface area contributed by atoms with E-state index in [1.54, 1.807) is 7.11 Å². The van der Waals surface area contributed by atoms with Crippen LogP contribution in [0, 0.1) is 0 Å². The highest BCUT2D eigenvalue weighted by Crippen LogP contribution is 2.31. The van der Waals surface area contributed by atoms with Crippen molar-refractivity contribution in [1.29, 1.82) is 0 Å². The topological polar surface area (TPSA) is 75.5 Å². The van der Waals surface area contributed by atoms with Gasteiger partial charge in [0.05, 0.1) is 19.7 Å². The minimum absolute atomic E-state index is 0.0382. The molecule has 8 nitrogen and oxygen atoms in total. The zero-order valence-corrected chi connectivity index (χ0v) is 17.3. The second-order valence-corrected chi connectivity index (χ2v) is 7.89. The van der Waals surface area contributed by atoms with Crippen LogP contribution in [0.15, 0.2) is 24.3 Å². The van der Waals surface area contributed by atoms with E-state index in [2.05, 4.69) is 25.0 Å². The third kappa shape index (κ3) is 4.43. The molecule has 3 heterocycles. The number of fused-ring (bicyclic) bond motifs is 1. The molecule has 0 aliphatic carbocycles. The molecular formula is C21H30N6O2. The van der Waals surface area contributed by atoms with E-state index in [-0.39, 0.29) is 11.9 Å². The number of carbonyl (C=O) groups is 1. The van der Waals surface area contributed by atoms with E-state index >= 15 is 0 Å². The van der Waals surface area contributed by atoms with Gasteiger partial charge in [-0.3, -0.25) is 9.69 Å². The minimum atomic E-state index is 0.0382. The number of rotatable bonds is 6. The number of nitrogens with one attached hydrogen (secondary N) is 1. The Kier molecular flexibility index (Phi) is 6.10. The lowest BCUT2D eigenvalue weighted by atomic mass is 10.2. The number of carbonyl (C=O) groups excluding carboxylic acids is 1. The first-order valence-corrected chi connectivity index (χ1v) is 10.4. The quantitative estimate of drug-likeness (QED) is 0.789. The molecule has 0 bridgehead atoms. The van der Waals surface area contributed by atoms with Crippen LogP contribution in [0.4, 0.5) is 0 Å². The molecule has 1 atom stereocenters. The second kappa shape index (κ2) is 8.92. The Balaban J connectivity index is 1.40. The van der Waals surface area contributed by atoms with Crippen molar-refractivity contribution in [3.05, 3.63) is 41.5 Å². The number of likely N-dealkylation sites (tertiary alicyclic amines) is 1. The van der Waals surface area contributed by atoms with Crippen LogP contribution in [0.25, 0.3) is 0 Å². The predicted octanol–water partition coefficient (Wildman–Crippen LogP) is 1.23. The first-order chi connectivity index (χ1) is 14.2. The van der Waals surface area contributed by atoms with Crippen LogP contribution >= 0.6 is 0 Å². The zero-order chi connectivity index (χ0) is 20.2. The number of hydrogen-bond acceptors (Lipinski definition) is 6. The summed E-state index contributed by atoms with van der Waals surface area (Å²) in [7, 11) is 3.65. The van der Waals surface area contributed by atoms with Crippen LogP contribution in [-0.2, 0) is 24.3 Å². The fraction of sp³-hybridized carbons (Fsp3) is 0.571. The largest absolute Gasteiger partial charge is 0.497 e. The first kappa shape index (κ1) is 19.8. The zero-order valence-electron chi connectivity index (χ0n) is 17.3. The van der Waals surface area contributed by atoms with Gasteiger partial charge in [0, 0.05) is 39.1 Å². The third-order valence-corrected chi connectivity index (χ3v) is 5.78. The molecule has 0 spiro atoms. The number of amides is 1. The Bertz CT molecular complexity index is 834. The SMILES string of the molecule is COc1ccc(CN(C)CC(=O)N2CCC[C@H]2c2nnc3n2CCNCC3)cc1. The first-order valence-electron chi connectivity index (χ1n) is 10.4. The highest BCUT2D eigenvalue weighted by atomic mass is 16.5. The number of ether oxygens (including phenoxy) is 1. The predicted molar refractivity (Wildman–Crippen MR) is 110 cm³/mol. The summed E-state index contributed by atoms with van der Waals surface area (Å²) < 4.78 is 7.43. The lowest BCUT2D eigenvalue weighted by Crippen LogP contribution is -2.39. The lowest BCUT2D eigenvalue weighted by Gasteiger charge is -2.27. The molecule has 2 aliphatic heterocycles. The van der Waals surface area contributed by atoms with E-state index < -0.39 is 0 Å². The van der Waals surface area contributed by atoms with E-state index in [9.17, 15) is 4.79 Å².